The minimum atomic E-state index is -0.265. The Hall–Kier alpha value is -3.62. The number of carbonyl (C=O) groups excluding carboxylic acids is 2. The smallest absolute Gasteiger partial charge is 0.270 e. The van der Waals surface area contributed by atoms with E-state index in [0.717, 1.165) is 33.6 Å². The van der Waals surface area contributed by atoms with Gasteiger partial charge in [-0.05, 0) is 78.4 Å². The van der Waals surface area contributed by atoms with E-state index in [1.165, 1.54) is 18.9 Å². The van der Waals surface area contributed by atoms with Crippen molar-refractivity contribution >= 4 is 57.6 Å². The standard InChI is InChI=1S/C30H30N2O4S2/c1-18(2)23-8-6-7-9-24(23)31-28(33)17-36-25-13-11-21(15-26(25)35-5)16-27-29(34)32(30(37)38-27)22-12-10-19(3)20(4)14-22/h6-16,18H,17H2,1-5H3,(H,31,33)/b27-16-. The van der Waals surface area contributed by atoms with Gasteiger partial charge < -0.3 is 14.8 Å². The van der Waals surface area contributed by atoms with Gasteiger partial charge in [-0.25, -0.2) is 0 Å². The zero-order valence-electron chi connectivity index (χ0n) is 22.0. The van der Waals surface area contributed by atoms with Crippen LogP contribution >= 0.6 is 24.0 Å². The van der Waals surface area contributed by atoms with Gasteiger partial charge in [-0.3, -0.25) is 14.5 Å². The molecule has 0 aromatic heterocycles. The normalized spacial score (nSPS) is 14.4. The lowest BCUT2D eigenvalue weighted by atomic mass is 10.0. The molecule has 0 atom stereocenters. The number of benzene rings is 3. The highest BCUT2D eigenvalue weighted by atomic mass is 32.2. The fraction of sp³-hybridized carbons (Fsp3) is 0.233. The van der Waals surface area contributed by atoms with Crippen LogP contribution in [-0.4, -0.2) is 29.9 Å². The Bertz CT molecular complexity index is 1430. The Morgan fingerprint density at radius 1 is 1.05 bits per heavy atom. The van der Waals surface area contributed by atoms with Gasteiger partial charge >= 0.3 is 0 Å². The Morgan fingerprint density at radius 2 is 1.82 bits per heavy atom. The van der Waals surface area contributed by atoms with E-state index in [9.17, 15) is 9.59 Å². The predicted molar refractivity (Wildman–Crippen MR) is 159 cm³/mol. The minimum Gasteiger partial charge on any atom is -0.493 e. The molecule has 3 aromatic rings. The van der Waals surface area contributed by atoms with E-state index < -0.39 is 0 Å². The highest BCUT2D eigenvalue weighted by molar-refractivity contribution is 8.27. The Balaban J connectivity index is 1.46. The lowest BCUT2D eigenvalue weighted by Gasteiger charge is -2.16. The summed E-state index contributed by atoms with van der Waals surface area (Å²) in [5, 5.41) is 2.92. The largest absolute Gasteiger partial charge is 0.493 e. The quantitative estimate of drug-likeness (QED) is 0.246. The highest BCUT2D eigenvalue weighted by Gasteiger charge is 2.33. The number of nitrogens with one attached hydrogen (secondary N) is 1. The van der Waals surface area contributed by atoms with Gasteiger partial charge in [-0.15, -0.1) is 0 Å². The maximum Gasteiger partial charge on any atom is 0.270 e. The molecule has 1 heterocycles. The summed E-state index contributed by atoms with van der Waals surface area (Å²) in [6.45, 7) is 8.03. The van der Waals surface area contributed by atoms with Crippen LogP contribution in [0.1, 0.15) is 42.0 Å². The maximum absolute atomic E-state index is 13.2. The van der Waals surface area contributed by atoms with Crippen molar-refractivity contribution in [3.63, 3.8) is 0 Å². The average molecular weight is 547 g/mol. The number of ether oxygens (including phenoxy) is 2. The monoisotopic (exact) mass is 546 g/mol. The summed E-state index contributed by atoms with van der Waals surface area (Å²) in [6, 6.07) is 18.9. The summed E-state index contributed by atoms with van der Waals surface area (Å²) in [7, 11) is 1.53. The van der Waals surface area contributed by atoms with E-state index in [4.69, 9.17) is 21.7 Å². The predicted octanol–water partition coefficient (Wildman–Crippen LogP) is 6.86. The first kappa shape index (κ1) is 27.4. The molecular weight excluding hydrogens is 516 g/mol. The summed E-state index contributed by atoms with van der Waals surface area (Å²) in [5.74, 6) is 0.736. The molecule has 1 saturated heterocycles. The topological polar surface area (TPSA) is 67.9 Å². The van der Waals surface area contributed by atoms with Crippen molar-refractivity contribution < 1.29 is 19.1 Å². The molecule has 0 bridgehead atoms. The molecule has 8 heteroatoms. The molecule has 2 amide bonds. The Morgan fingerprint density at radius 3 is 2.53 bits per heavy atom. The third kappa shape index (κ3) is 6.09. The molecule has 0 spiro atoms. The number of aryl methyl sites for hydroxylation is 2. The molecule has 1 fully saturated rings. The third-order valence-electron chi connectivity index (χ3n) is 6.24. The van der Waals surface area contributed by atoms with Crippen LogP contribution in [0, 0.1) is 13.8 Å². The molecule has 38 heavy (non-hydrogen) atoms. The van der Waals surface area contributed by atoms with Crippen LogP contribution in [-0.2, 0) is 9.59 Å². The fourth-order valence-corrected chi connectivity index (χ4v) is 5.34. The van der Waals surface area contributed by atoms with Crippen LogP contribution in [0.5, 0.6) is 11.5 Å². The molecule has 0 saturated carbocycles. The number of carbonyl (C=O) groups is 2. The zero-order chi connectivity index (χ0) is 27.4. The molecule has 196 valence electrons. The van der Waals surface area contributed by atoms with Crippen molar-refractivity contribution in [1.82, 2.24) is 0 Å². The SMILES string of the molecule is COc1cc(/C=C2\SC(=S)N(c3ccc(C)c(C)c3)C2=O)ccc1OCC(=O)Nc1ccccc1C(C)C. The number of para-hydroxylation sites is 1. The summed E-state index contributed by atoms with van der Waals surface area (Å²) in [6.07, 6.45) is 1.78. The first-order chi connectivity index (χ1) is 18.2. The van der Waals surface area contributed by atoms with Gasteiger partial charge in [-0.1, -0.05) is 68.2 Å². The zero-order valence-corrected chi connectivity index (χ0v) is 23.7. The molecule has 0 aliphatic carbocycles. The van der Waals surface area contributed by atoms with Gasteiger partial charge in [-0.2, -0.15) is 0 Å². The van der Waals surface area contributed by atoms with Gasteiger partial charge in [0.15, 0.2) is 22.4 Å². The Labute approximate surface area is 233 Å². The number of thioether (sulfide) groups is 1. The molecule has 1 aliphatic rings. The van der Waals surface area contributed by atoms with E-state index >= 15 is 0 Å². The van der Waals surface area contributed by atoms with Crippen molar-refractivity contribution in [2.24, 2.45) is 0 Å². The van der Waals surface area contributed by atoms with Gasteiger partial charge in [0, 0.05) is 5.69 Å². The van der Waals surface area contributed by atoms with Crippen molar-refractivity contribution in [1.29, 1.82) is 0 Å². The summed E-state index contributed by atoms with van der Waals surface area (Å²) < 4.78 is 11.8. The Kier molecular flexibility index (Phi) is 8.54. The van der Waals surface area contributed by atoms with Gasteiger partial charge in [0.05, 0.1) is 17.7 Å². The van der Waals surface area contributed by atoms with Crippen LogP contribution in [0.25, 0.3) is 6.08 Å². The second kappa shape index (κ2) is 11.8. The molecule has 0 radical (unpaired) electrons. The molecule has 6 nitrogen and oxygen atoms in total. The molecule has 1 aliphatic heterocycles. The number of hydrogen-bond acceptors (Lipinski definition) is 6. The van der Waals surface area contributed by atoms with Gasteiger partial charge in [0.2, 0.25) is 0 Å². The number of thiocarbonyl (C=S) groups is 1. The van der Waals surface area contributed by atoms with Crippen molar-refractivity contribution in [2.45, 2.75) is 33.6 Å². The van der Waals surface area contributed by atoms with Crippen molar-refractivity contribution in [3.8, 4) is 11.5 Å². The van der Waals surface area contributed by atoms with E-state index in [0.29, 0.717) is 20.7 Å². The molecule has 1 N–H and O–H groups in total. The van der Waals surface area contributed by atoms with Crippen LogP contribution < -0.4 is 19.7 Å². The van der Waals surface area contributed by atoms with E-state index in [-0.39, 0.29) is 24.3 Å². The van der Waals surface area contributed by atoms with Gasteiger partial charge in [0.25, 0.3) is 11.8 Å². The highest BCUT2D eigenvalue weighted by Crippen LogP contribution is 2.37. The minimum absolute atomic E-state index is 0.166. The molecular formula is C30H30N2O4S2. The number of anilines is 2. The number of methoxy groups -OCH3 is 1. The van der Waals surface area contributed by atoms with E-state index in [1.807, 2.05) is 62.4 Å². The van der Waals surface area contributed by atoms with E-state index in [2.05, 4.69) is 19.2 Å². The maximum atomic E-state index is 13.2. The van der Waals surface area contributed by atoms with Gasteiger partial charge in [0.1, 0.15) is 0 Å². The fourth-order valence-electron chi connectivity index (χ4n) is 4.04. The lowest BCUT2D eigenvalue weighted by molar-refractivity contribution is -0.118. The first-order valence-corrected chi connectivity index (χ1v) is 13.4. The summed E-state index contributed by atoms with van der Waals surface area (Å²) >= 11 is 6.77. The van der Waals surface area contributed by atoms with Crippen LogP contribution in [0.3, 0.4) is 0 Å². The second-order valence-corrected chi connectivity index (χ2v) is 11.0. The third-order valence-corrected chi connectivity index (χ3v) is 7.55. The van der Waals surface area contributed by atoms with Crippen molar-refractivity contribution in [3.05, 3.63) is 87.8 Å². The number of rotatable bonds is 8. The molecule has 4 rings (SSSR count). The molecule has 3 aromatic carbocycles. The number of hydrogen-bond donors (Lipinski definition) is 1. The molecule has 0 unspecified atom stereocenters. The van der Waals surface area contributed by atoms with Crippen LogP contribution in [0.15, 0.2) is 65.6 Å². The van der Waals surface area contributed by atoms with Crippen LogP contribution in [0.4, 0.5) is 11.4 Å². The average Bonchev–Trinajstić information content (AvgIpc) is 3.17. The van der Waals surface area contributed by atoms with Crippen LogP contribution in [0.2, 0.25) is 0 Å². The lowest BCUT2D eigenvalue weighted by Crippen LogP contribution is -2.27. The van der Waals surface area contributed by atoms with Crippen molar-refractivity contribution in [2.75, 3.05) is 23.9 Å². The second-order valence-electron chi connectivity index (χ2n) is 9.27. The number of amides is 2. The first-order valence-electron chi connectivity index (χ1n) is 12.2. The summed E-state index contributed by atoms with van der Waals surface area (Å²) in [4.78, 5) is 27.8. The summed E-state index contributed by atoms with van der Waals surface area (Å²) in [5.41, 5.74) is 5.60. The van der Waals surface area contributed by atoms with E-state index in [1.54, 1.807) is 23.1 Å². The number of nitrogens with zero attached hydrogens (tertiary/aromatic N) is 1.